The lowest BCUT2D eigenvalue weighted by atomic mass is 10.1. The van der Waals surface area contributed by atoms with Gasteiger partial charge in [0.15, 0.2) is 0 Å². The third-order valence-corrected chi connectivity index (χ3v) is 2.22. The van der Waals surface area contributed by atoms with Crippen molar-refractivity contribution in [3.8, 4) is 5.75 Å². The largest absolute Gasteiger partial charge is 0.508 e. The second-order valence-corrected chi connectivity index (χ2v) is 3.51. The molecular weight excluding hydrogens is 236 g/mol. The van der Waals surface area contributed by atoms with E-state index in [-0.39, 0.29) is 17.7 Å². The molecule has 0 saturated heterocycles. The Kier molecular flexibility index (Phi) is 4.92. The van der Waals surface area contributed by atoms with Gasteiger partial charge in [0.25, 0.3) is 0 Å². The highest BCUT2D eigenvalue weighted by Gasteiger charge is 2.14. The van der Waals surface area contributed by atoms with Crippen molar-refractivity contribution in [1.29, 1.82) is 0 Å². The fraction of sp³-hybridized carbons (Fsp3) is 0.231. The Bertz CT molecular complexity index is 476. The normalized spacial score (nSPS) is 10.9. The Hall–Kier alpha value is -2.30. The Morgan fingerprint density at radius 3 is 2.56 bits per heavy atom. The summed E-state index contributed by atoms with van der Waals surface area (Å²) in [7, 11) is 2.47. The quantitative estimate of drug-likeness (QED) is 0.647. The van der Waals surface area contributed by atoms with Crippen molar-refractivity contribution in [2.24, 2.45) is 0 Å². The van der Waals surface area contributed by atoms with E-state index in [2.05, 4.69) is 9.47 Å². The maximum Gasteiger partial charge on any atom is 0.334 e. The predicted octanol–water partition coefficient (Wildman–Crippen LogP) is 1.51. The van der Waals surface area contributed by atoms with E-state index in [0.29, 0.717) is 5.56 Å². The summed E-state index contributed by atoms with van der Waals surface area (Å²) in [6.45, 7) is 0. The van der Waals surface area contributed by atoms with Gasteiger partial charge in [0, 0.05) is 5.57 Å². The van der Waals surface area contributed by atoms with Crippen LogP contribution in [0.4, 0.5) is 0 Å². The van der Waals surface area contributed by atoms with E-state index in [1.165, 1.54) is 32.4 Å². The minimum atomic E-state index is -0.608. The van der Waals surface area contributed by atoms with Gasteiger partial charge in [0.05, 0.1) is 20.6 Å². The summed E-state index contributed by atoms with van der Waals surface area (Å²) < 4.78 is 9.08. The Morgan fingerprint density at radius 2 is 2.00 bits per heavy atom. The van der Waals surface area contributed by atoms with Crippen LogP contribution in [0.15, 0.2) is 29.8 Å². The van der Waals surface area contributed by atoms with Crippen molar-refractivity contribution in [1.82, 2.24) is 0 Å². The van der Waals surface area contributed by atoms with E-state index in [4.69, 9.17) is 0 Å². The van der Waals surface area contributed by atoms with Crippen molar-refractivity contribution in [2.75, 3.05) is 14.2 Å². The highest BCUT2D eigenvalue weighted by Crippen LogP contribution is 2.16. The molecule has 0 amide bonds. The maximum atomic E-state index is 11.5. The lowest BCUT2D eigenvalue weighted by Gasteiger charge is -2.04. The smallest absolute Gasteiger partial charge is 0.334 e. The Morgan fingerprint density at radius 1 is 1.28 bits per heavy atom. The van der Waals surface area contributed by atoms with Crippen molar-refractivity contribution in [3.05, 3.63) is 35.4 Å². The van der Waals surface area contributed by atoms with Gasteiger partial charge in [-0.1, -0.05) is 12.1 Å². The van der Waals surface area contributed by atoms with Crippen LogP contribution in [0.2, 0.25) is 0 Å². The number of phenols is 1. The number of ether oxygens (including phenoxy) is 2. The number of rotatable bonds is 4. The number of hydrogen-bond acceptors (Lipinski definition) is 5. The maximum absolute atomic E-state index is 11.5. The molecule has 0 aliphatic heterocycles. The fourth-order valence-corrected chi connectivity index (χ4v) is 1.36. The third-order valence-electron chi connectivity index (χ3n) is 2.22. The number of methoxy groups -OCH3 is 2. The number of carbonyl (C=O) groups is 2. The van der Waals surface area contributed by atoms with Crippen LogP contribution in [-0.2, 0) is 19.1 Å². The first-order valence-electron chi connectivity index (χ1n) is 5.21. The zero-order valence-electron chi connectivity index (χ0n) is 10.2. The van der Waals surface area contributed by atoms with Gasteiger partial charge >= 0.3 is 11.9 Å². The Balaban J connectivity index is 3.02. The number of carbonyl (C=O) groups excluding carboxylic acids is 2. The van der Waals surface area contributed by atoms with E-state index < -0.39 is 11.9 Å². The summed E-state index contributed by atoms with van der Waals surface area (Å²) in [6, 6.07) is 6.31. The monoisotopic (exact) mass is 250 g/mol. The molecule has 18 heavy (non-hydrogen) atoms. The van der Waals surface area contributed by atoms with Crippen LogP contribution in [0.1, 0.15) is 12.0 Å². The van der Waals surface area contributed by atoms with E-state index in [1.54, 1.807) is 12.1 Å². The zero-order valence-corrected chi connectivity index (χ0v) is 10.2. The molecule has 0 aromatic heterocycles. The molecule has 5 nitrogen and oxygen atoms in total. The van der Waals surface area contributed by atoms with Crippen LogP contribution >= 0.6 is 0 Å². The van der Waals surface area contributed by atoms with Gasteiger partial charge in [-0.05, 0) is 23.8 Å². The fourth-order valence-electron chi connectivity index (χ4n) is 1.36. The molecule has 1 aromatic rings. The van der Waals surface area contributed by atoms with Crippen molar-refractivity contribution >= 4 is 18.0 Å². The summed E-state index contributed by atoms with van der Waals surface area (Å²) in [5.41, 5.74) is 0.759. The second-order valence-electron chi connectivity index (χ2n) is 3.51. The summed E-state index contributed by atoms with van der Waals surface area (Å²) in [6.07, 6.45) is 1.29. The van der Waals surface area contributed by atoms with Crippen molar-refractivity contribution < 1.29 is 24.2 Å². The van der Waals surface area contributed by atoms with Gasteiger partial charge in [-0.3, -0.25) is 4.79 Å². The van der Waals surface area contributed by atoms with Gasteiger partial charge in [0.1, 0.15) is 5.75 Å². The molecule has 5 heteroatoms. The molecule has 1 aromatic carbocycles. The zero-order chi connectivity index (χ0) is 13.5. The van der Waals surface area contributed by atoms with Gasteiger partial charge in [-0.2, -0.15) is 0 Å². The number of phenolic OH excluding ortho intramolecular Hbond substituents is 1. The summed E-state index contributed by atoms with van der Waals surface area (Å²) >= 11 is 0. The van der Waals surface area contributed by atoms with Crippen LogP contribution in [0.25, 0.3) is 6.08 Å². The van der Waals surface area contributed by atoms with Crippen LogP contribution in [0.3, 0.4) is 0 Å². The van der Waals surface area contributed by atoms with E-state index in [0.717, 1.165) is 0 Å². The molecule has 0 aliphatic carbocycles. The number of esters is 2. The lowest BCUT2D eigenvalue weighted by molar-refractivity contribution is -0.143. The molecule has 0 bridgehead atoms. The predicted molar refractivity (Wildman–Crippen MR) is 64.7 cm³/mol. The van der Waals surface area contributed by atoms with Gasteiger partial charge < -0.3 is 14.6 Å². The van der Waals surface area contributed by atoms with Gasteiger partial charge in [-0.25, -0.2) is 4.79 Å². The third kappa shape index (κ3) is 3.93. The first-order valence-corrected chi connectivity index (χ1v) is 5.21. The first-order chi connectivity index (χ1) is 8.56. The standard InChI is InChI=1S/C13H14O5/c1-17-12(15)8-10(13(16)18-2)6-9-4-3-5-11(14)7-9/h3-7,14H,8H2,1-2H3. The lowest BCUT2D eigenvalue weighted by Crippen LogP contribution is -2.10. The van der Waals surface area contributed by atoms with Crippen LogP contribution < -0.4 is 0 Å². The number of aromatic hydroxyl groups is 1. The molecule has 0 radical (unpaired) electrons. The van der Waals surface area contributed by atoms with Crippen LogP contribution in [0.5, 0.6) is 5.75 Å². The minimum Gasteiger partial charge on any atom is -0.508 e. The summed E-state index contributed by atoms with van der Waals surface area (Å²) in [5.74, 6) is -1.07. The highest BCUT2D eigenvalue weighted by atomic mass is 16.5. The van der Waals surface area contributed by atoms with E-state index in [9.17, 15) is 14.7 Å². The van der Waals surface area contributed by atoms with Gasteiger partial charge in [-0.15, -0.1) is 0 Å². The summed E-state index contributed by atoms with van der Waals surface area (Å²) in [4.78, 5) is 22.7. The molecule has 0 atom stereocenters. The molecule has 0 saturated carbocycles. The molecule has 0 aliphatic rings. The SMILES string of the molecule is COC(=O)CC(=Cc1cccc(O)c1)C(=O)OC. The average molecular weight is 250 g/mol. The first kappa shape index (κ1) is 13.8. The van der Waals surface area contributed by atoms with E-state index >= 15 is 0 Å². The van der Waals surface area contributed by atoms with E-state index in [1.807, 2.05) is 0 Å². The minimum absolute atomic E-state index is 0.0750. The number of benzene rings is 1. The molecule has 0 spiro atoms. The van der Waals surface area contributed by atoms with Gasteiger partial charge in [0.2, 0.25) is 0 Å². The van der Waals surface area contributed by atoms with Crippen LogP contribution in [-0.4, -0.2) is 31.3 Å². The molecule has 0 unspecified atom stereocenters. The molecule has 0 fully saturated rings. The molecule has 1 N–H and O–H groups in total. The van der Waals surface area contributed by atoms with Crippen molar-refractivity contribution in [3.63, 3.8) is 0 Å². The number of hydrogen-bond donors (Lipinski definition) is 1. The molecule has 0 heterocycles. The molecule has 1 rings (SSSR count). The highest BCUT2D eigenvalue weighted by molar-refractivity contribution is 5.98. The average Bonchev–Trinajstić information content (AvgIpc) is 2.36. The molecular formula is C13H14O5. The molecule has 96 valence electrons. The second kappa shape index (κ2) is 6.44. The summed E-state index contributed by atoms with van der Waals surface area (Å²) in [5, 5.41) is 9.31. The topological polar surface area (TPSA) is 72.8 Å². The van der Waals surface area contributed by atoms with Crippen LogP contribution in [0, 0.1) is 0 Å². The Labute approximate surface area is 105 Å². The van der Waals surface area contributed by atoms with Crippen molar-refractivity contribution in [2.45, 2.75) is 6.42 Å².